The summed E-state index contributed by atoms with van der Waals surface area (Å²) in [5.41, 5.74) is 0.581. The van der Waals surface area contributed by atoms with Crippen molar-refractivity contribution < 1.29 is 14.3 Å². The van der Waals surface area contributed by atoms with Crippen LogP contribution in [0.5, 0.6) is 11.6 Å². The van der Waals surface area contributed by atoms with Gasteiger partial charge in [-0.2, -0.15) is 0 Å². The highest BCUT2D eigenvalue weighted by Gasteiger charge is 2.29. The van der Waals surface area contributed by atoms with Crippen molar-refractivity contribution in [2.24, 2.45) is 0 Å². The second kappa shape index (κ2) is 7.00. The number of carbonyl (C=O) groups excluding carboxylic acids is 1. The summed E-state index contributed by atoms with van der Waals surface area (Å²) < 4.78 is 12.0. The molecule has 2 heterocycles. The standard InChI is InChI=1S/C17H17BrN2O3/c1-22-15-5-3-2-4-14(15)17(21)20-9-8-13(11-20)23-16-7-6-12(18)10-19-16/h2-7,10,13H,8-9,11H2,1H3. The van der Waals surface area contributed by atoms with E-state index in [1.807, 2.05) is 24.3 Å². The van der Waals surface area contributed by atoms with E-state index in [0.717, 1.165) is 10.9 Å². The highest BCUT2D eigenvalue weighted by atomic mass is 79.9. The van der Waals surface area contributed by atoms with Crippen LogP contribution in [0.1, 0.15) is 16.8 Å². The average Bonchev–Trinajstić information content (AvgIpc) is 3.05. The first-order valence-corrected chi connectivity index (χ1v) is 8.17. The molecule has 0 radical (unpaired) electrons. The molecule has 0 N–H and O–H groups in total. The van der Waals surface area contributed by atoms with Crippen molar-refractivity contribution in [1.29, 1.82) is 0 Å². The topological polar surface area (TPSA) is 51.7 Å². The number of rotatable bonds is 4. The number of methoxy groups -OCH3 is 1. The van der Waals surface area contributed by atoms with Crippen LogP contribution in [0.25, 0.3) is 0 Å². The van der Waals surface area contributed by atoms with Gasteiger partial charge in [0.25, 0.3) is 5.91 Å². The molecule has 0 bridgehead atoms. The van der Waals surface area contributed by atoms with Crippen LogP contribution in [0.3, 0.4) is 0 Å². The third-order valence-corrected chi connectivity index (χ3v) is 4.23. The summed E-state index contributed by atoms with van der Waals surface area (Å²) in [5, 5.41) is 0. The van der Waals surface area contributed by atoms with E-state index in [-0.39, 0.29) is 12.0 Å². The molecule has 1 atom stereocenters. The number of likely N-dealkylation sites (tertiary alicyclic amines) is 1. The Labute approximate surface area is 143 Å². The molecule has 6 heteroatoms. The normalized spacial score (nSPS) is 17.1. The van der Waals surface area contributed by atoms with Crippen molar-refractivity contribution in [3.8, 4) is 11.6 Å². The molecule has 0 saturated carbocycles. The molecule has 1 aliphatic heterocycles. The molecular weight excluding hydrogens is 360 g/mol. The fourth-order valence-corrected chi connectivity index (χ4v) is 2.84. The van der Waals surface area contributed by atoms with E-state index >= 15 is 0 Å². The number of amides is 1. The Morgan fingerprint density at radius 1 is 1.30 bits per heavy atom. The van der Waals surface area contributed by atoms with Gasteiger partial charge in [0, 0.05) is 29.7 Å². The van der Waals surface area contributed by atoms with Crippen molar-refractivity contribution >= 4 is 21.8 Å². The highest BCUT2D eigenvalue weighted by molar-refractivity contribution is 9.10. The van der Waals surface area contributed by atoms with E-state index in [4.69, 9.17) is 9.47 Å². The summed E-state index contributed by atoms with van der Waals surface area (Å²) in [4.78, 5) is 18.6. The third-order valence-electron chi connectivity index (χ3n) is 3.76. The summed E-state index contributed by atoms with van der Waals surface area (Å²) in [7, 11) is 1.57. The third kappa shape index (κ3) is 3.64. The summed E-state index contributed by atoms with van der Waals surface area (Å²) in [6.45, 7) is 1.21. The Balaban J connectivity index is 1.65. The molecule has 1 saturated heterocycles. The fourth-order valence-electron chi connectivity index (χ4n) is 2.60. The molecule has 1 unspecified atom stereocenters. The number of pyridine rings is 1. The van der Waals surface area contributed by atoms with Crippen LogP contribution in [0.2, 0.25) is 0 Å². The van der Waals surface area contributed by atoms with Gasteiger partial charge in [-0.25, -0.2) is 4.98 Å². The van der Waals surface area contributed by atoms with Crippen molar-refractivity contribution in [3.05, 3.63) is 52.6 Å². The van der Waals surface area contributed by atoms with Crippen LogP contribution in [0.15, 0.2) is 47.1 Å². The van der Waals surface area contributed by atoms with Gasteiger partial charge in [0.15, 0.2) is 0 Å². The number of para-hydroxylation sites is 1. The summed E-state index contributed by atoms with van der Waals surface area (Å²) in [5.74, 6) is 1.14. The van der Waals surface area contributed by atoms with E-state index in [0.29, 0.717) is 30.3 Å². The Kier molecular flexibility index (Phi) is 4.81. The van der Waals surface area contributed by atoms with Gasteiger partial charge in [0.05, 0.1) is 19.2 Å². The number of nitrogens with zero attached hydrogens (tertiary/aromatic N) is 2. The van der Waals surface area contributed by atoms with Gasteiger partial charge >= 0.3 is 0 Å². The van der Waals surface area contributed by atoms with Gasteiger partial charge in [-0.05, 0) is 34.1 Å². The fraction of sp³-hybridized carbons (Fsp3) is 0.294. The zero-order chi connectivity index (χ0) is 16.2. The summed E-state index contributed by atoms with van der Waals surface area (Å²) in [6, 6.07) is 11.0. The minimum atomic E-state index is -0.0395. The first kappa shape index (κ1) is 15.8. The molecular formula is C17H17BrN2O3. The van der Waals surface area contributed by atoms with Crippen molar-refractivity contribution in [1.82, 2.24) is 9.88 Å². The summed E-state index contributed by atoms with van der Waals surface area (Å²) in [6.07, 6.45) is 2.45. The Bertz CT molecular complexity index is 690. The maximum atomic E-state index is 12.6. The first-order chi connectivity index (χ1) is 11.2. The predicted molar refractivity (Wildman–Crippen MR) is 89.9 cm³/mol. The highest BCUT2D eigenvalue weighted by Crippen LogP contribution is 2.23. The molecule has 0 aliphatic carbocycles. The smallest absolute Gasteiger partial charge is 0.257 e. The van der Waals surface area contributed by atoms with E-state index in [2.05, 4.69) is 20.9 Å². The van der Waals surface area contributed by atoms with Gasteiger partial charge < -0.3 is 14.4 Å². The predicted octanol–water partition coefficient (Wildman–Crippen LogP) is 3.15. The number of ether oxygens (including phenoxy) is 2. The average molecular weight is 377 g/mol. The lowest BCUT2D eigenvalue weighted by Crippen LogP contribution is -2.31. The number of carbonyl (C=O) groups is 1. The second-order valence-corrected chi connectivity index (χ2v) is 6.21. The molecule has 1 aliphatic rings. The maximum Gasteiger partial charge on any atom is 0.257 e. The van der Waals surface area contributed by atoms with Gasteiger partial charge in [-0.3, -0.25) is 4.79 Å². The monoisotopic (exact) mass is 376 g/mol. The van der Waals surface area contributed by atoms with Gasteiger partial charge in [-0.15, -0.1) is 0 Å². The molecule has 120 valence electrons. The van der Waals surface area contributed by atoms with Crippen LogP contribution >= 0.6 is 15.9 Å². The molecule has 2 aromatic rings. The molecule has 5 nitrogen and oxygen atoms in total. The van der Waals surface area contributed by atoms with Crippen LogP contribution < -0.4 is 9.47 Å². The van der Waals surface area contributed by atoms with E-state index in [9.17, 15) is 4.79 Å². The number of benzene rings is 1. The maximum absolute atomic E-state index is 12.6. The number of aromatic nitrogens is 1. The molecule has 3 rings (SSSR count). The van der Waals surface area contributed by atoms with Crippen molar-refractivity contribution in [3.63, 3.8) is 0 Å². The minimum absolute atomic E-state index is 0.0303. The van der Waals surface area contributed by atoms with Crippen molar-refractivity contribution in [2.75, 3.05) is 20.2 Å². The first-order valence-electron chi connectivity index (χ1n) is 7.38. The molecule has 0 spiro atoms. The lowest BCUT2D eigenvalue weighted by Gasteiger charge is -2.18. The van der Waals surface area contributed by atoms with E-state index in [1.54, 1.807) is 30.3 Å². The molecule has 1 aromatic carbocycles. The van der Waals surface area contributed by atoms with E-state index < -0.39 is 0 Å². The second-order valence-electron chi connectivity index (χ2n) is 5.29. The van der Waals surface area contributed by atoms with Gasteiger partial charge in [-0.1, -0.05) is 12.1 Å². The summed E-state index contributed by atoms with van der Waals surface area (Å²) >= 11 is 3.34. The van der Waals surface area contributed by atoms with Crippen LogP contribution in [0.4, 0.5) is 0 Å². The van der Waals surface area contributed by atoms with Crippen LogP contribution in [-0.2, 0) is 0 Å². The zero-order valence-electron chi connectivity index (χ0n) is 12.7. The number of halogens is 1. The SMILES string of the molecule is COc1ccccc1C(=O)N1CCC(Oc2ccc(Br)cn2)C1. The number of hydrogen-bond donors (Lipinski definition) is 0. The molecule has 23 heavy (non-hydrogen) atoms. The molecule has 1 fully saturated rings. The number of hydrogen-bond acceptors (Lipinski definition) is 4. The zero-order valence-corrected chi connectivity index (χ0v) is 14.3. The van der Waals surface area contributed by atoms with Crippen molar-refractivity contribution in [2.45, 2.75) is 12.5 Å². The largest absolute Gasteiger partial charge is 0.496 e. The van der Waals surface area contributed by atoms with E-state index in [1.165, 1.54) is 0 Å². The molecule has 1 aromatic heterocycles. The Morgan fingerprint density at radius 3 is 2.87 bits per heavy atom. The minimum Gasteiger partial charge on any atom is -0.496 e. The lowest BCUT2D eigenvalue weighted by molar-refractivity contribution is 0.0768. The van der Waals surface area contributed by atoms with Gasteiger partial charge in [0.2, 0.25) is 5.88 Å². The lowest BCUT2D eigenvalue weighted by atomic mass is 10.2. The quantitative estimate of drug-likeness (QED) is 0.822. The molecule has 1 amide bonds. The van der Waals surface area contributed by atoms with Crippen LogP contribution in [-0.4, -0.2) is 42.1 Å². The Hall–Kier alpha value is -2.08. The van der Waals surface area contributed by atoms with Crippen LogP contribution in [0, 0.1) is 0 Å². The van der Waals surface area contributed by atoms with Gasteiger partial charge in [0.1, 0.15) is 11.9 Å². The Morgan fingerprint density at radius 2 is 2.13 bits per heavy atom.